The highest BCUT2D eigenvalue weighted by Crippen LogP contribution is 2.53. The van der Waals surface area contributed by atoms with Gasteiger partial charge in [0.05, 0.1) is 5.41 Å². The molecule has 0 saturated heterocycles. The molecule has 4 nitrogen and oxygen atoms in total. The summed E-state index contributed by atoms with van der Waals surface area (Å²) in [6.45, 7) is 0. The summed E-state index contributed by atoms with van der Waals surface area (Å²) >= 11 is 7.73. The second-order valence-corrected chi connectivity index (χ2v) is 8.22. The lowest BCUT2D eigenvalue weighted by molar-refractivity contribution is 0.473. The molecule has 1 aliphatic carbocycles. The van der Waals surface area contributed by atoms with Crippen LogP contribution in [0.2, 0.25) is 5.02 Å². The third-order valence-electron chi connectivity index (χ3n) is 5.26. The second kappa shape index (κ2) is 6.83. The molecule has 5 rings (SSSR count). The zero-order chi connectivity index (χ0) is 19.1. The maximum Gasteiger partial charge on any atom is 0.203 e. The van der Waals surface area contributed by atoms with Gasteiger partial charge < -0.3 is 4.74 Å². The Balaban J connectivity index is 1.57. The predicted octanol–water partition coefficient (Wildman–Crippen LogP) is 5.98. The van der Waals surface area contributed by atoms with Crippen LogP contribution in [0.5, 0.6) is 11.5 Å². The van der Waals surface area contributed by atoms with Crippen molar-refractivity contribution in [2.75, 3.05) is 6.26 Å². The minimum absolute atomic E-state index is 0.0974. The van der Waals surface area contributed by atoms with Gasteiger partial charge in [0, 0.05) is 16.1 Å². The van der Waals surface area contributed by atoms with Crippen LogP contribution in [0.3, 0.4) is 0 Å². The Labute approximate surface area is 172 Å². The molecule has 0 atom stereocenters. The molecule has 2 heterocycles. The molecule has 2 aromatic heterocycles. The van der Waals surface area contributed by atoms with Crippen molar-refractivity contribution in [3.05, 3.63) is 83.3 Å². The molecule has 0 spiro atoms. The molecule has 140 valence electrons. The van der Waals surface area contributed by atoms with Gasteiger partial charge in [-0.2, -0.15) is 0 Å². The van der Waals surface area contributed by atoms with E-state index in [-0.39, 0.29) is 5.41 Å². The summed E-state index contributed by atoms with van der Waals surface area (Å²) in [5.74, 6) is 2.48. The molecule has 2 aromatic carbocycles. The van der Waals surface area contributed by atoms with Crippen LogP contribution in [0, 0.1) is 0 Å². The van der Waals surface area contributed by atoms with Crippen molar-refractivity contribution >= 4 is 29.0 Å². The standard InChI is InChI=1S/C22H18ClN3OS/c1-28-19-7-3-2-5-17(19)27-18-6-4-14-26-20(18)24-25-21(26)22(12-13-22)15-8-10-16(23)11-9-15/h2-11,14H,12-13H2,1H3. The molecule has 0 radical (unpaired) electrons. The summed E-state index contributed by atoms with van der Waals surface area (Å²) in [6.07, 6.45) is 6.15. The summed E-state index contributed by atoms with van der Waals surface area (Å²) in [5.41, 5.74) is 1.86. The minimum atomic E-state index is -0.0974. The van der Waals surface area contributed by atoms with Gasteiger partial charge in [0.25, 0.3) is 0 Å². The average Bonchev–Trinajstić information content (AvgIpc) is 3.41. The molecular weight excluding hydrogens is 390 g/mol. The fraction of sp³-hybridized carbons (Fsp3) is 0.182. The van der Waals surface area contributed by atoms with Crippen LogP contribution in [-0.2, 0) is 5.41 Å². The number of halogens is 1. The summed E-state index contributed by atoms with van der Waals surface area (Å²) < 4.78 is 8.27. The largest absolute Gasteiger partial charge is 0.452 e. The molecule has 28 heavy (non-hydrogen) atoms. The molecule has 6 heteroatoms. The second-order valence-electron chi connectivity index (χ2n) is 6.93. The first-order chi connectivity index (χ1) is 13.7. The Bertz CT molecular complexity index is 1150. The smallest absolute Gasteiger partial charge is 0.203 e. The maximum atomic E-state index is 6.22. The number of hydrogen-bond acceptors (Lipinski definition) is 4. The van der Waals surface area contributed by atoms with Gasteiger partial charge in [-0.3, -0.25) is 4.40 Å². The Morgan fingerprint density at radius 2 is 1.71 bits per heavy atom. The summed E-state index contributed by atoms with van der Waals surface area (Å²) in [7, 11) is 0. The van der Waals surface area contributed by atoms with E-state index in [4.69, 9.17) is 16.3 Å². The van der Waals surface area contributed by atoms with Crippen molar-refractivity contribution in [3.8, 4) is 11.5 Å². The summed E-state index contributed by atoms with van der Waals surface area (Å²) in [4.78, 5) is 1.09. The van der Waals surface area contributed by atoms with Crippen molar-refractivity contribution in [1.29, 1.82) is 0 Å². The van der Waals surface area contributed by atoms with E-state index in [9.17, 15) is 0 Å². The number of benzene rings is 2. The summed E-state index contributed by atoms with van der Waals surface area (Å²) in [6, 6.07) is 20.0. The highest BCUT2D eigenvalue weighted by molar-refractivity contribution is 7.98. The van der Waals surface area contributed by atoms with Gasteiger partial charge in [-0.15, -0.1) is 22.0 Å². The van der Waals surface area contributed by atoms with E-state index in [1.807, 2.05) is 54.9 Å². The number of aromatic nitrogens is 3. The third kappa shape index (κ3) is 2.86. The van der Waals surface area contributed by atoms with Crippen LogP contribution < -0.4 is 4.74 Å². The van der Waals surface area contributed by atoms with Gasteiger partial charge >= 0.3 is 0 Å². The molecular formula is C22H18ClN3OS. The van der Waals surface area contributed by atoms with Gasteiger partial charge in [0.15, 0.2) is 5.75 Å². The van der Waals surface area contributed by atoms with E-state index in [0.29, 0.717) is 5.75 Å². The fourth-order valence-electron chi connectivity index (χ4n) is 3.65. The van der Waals surface area contributed by atoms with E-state index in [2.05, 4.69) is 32.8 Å². The van der Waals surface area contributed by atoms with Crippen molar-refractivity contribution in [1.82, 2.24) is 14.6 Å². The lowest BCUT2D eigenvalue weighted by atomic mass is 9.95. The SMILES string of the molecule is CSc1ccccc1Oc1cccn2c(C3(c4ccc(Cl)cc4)CC3)nnc12. The number of nitrogens with zero attached hydrogens (tertiary/aromatic N) is 3. The average molecular weight is 408 g/mol. The van der Waals surface area contributed by atoms with Gasteiger partial charge in [-0.1, -0.05) is 35.9 Å². The highest BCUT2D eigenvalue weighted by Gasteiger charge is 2.49. The molecule has 0 aliphatic heterocycles. The number of para-hydroxylation sites is 1. The molecule has 1 aliphatic rings. The molecule has 0 unspecified atom stereocenters. The van der Waals surface area contributed by atoms with Crippen LogP contribution in [0.4, 0.5) is 0 Å². The van der Waals surface area contributed by atoms with Gasteiger partial charge in [0.1, 0.15) is 11.6 Å². The summed E-state index contributed by atoms with van der Waals surface area (Å²) in [5, 5.41) is 9.79. The van der Waals surface area contributed by atoms with Crippen molar-refractivity contribution < 1.29 is 4.74 Å². The monoisotopic (exact) mass is 407 g/mol. The highest BCUT2D eigenvalue weighted by atomic mass is 35.5. The number of thioether (sulfide) groups is 1. The topological polar surface area (TPSA) is 39.4 Å². The normalized spacial score (nSPS) is 14.9. The van der Waals surface area contributed by atoms with Crippen LogP contribution in [0.1, 0.15) is 24.2 Å². The number of pyridine rings is 1. The quantitative estimate of drug-likeness (QED) is 0.382. The Kier molecular flexibility index (Phi) is 4.29. The molecule has 4 aromatic rings. The zero-order valence-corrected chi connectivity index (χ0v) is 16.9. The zero-order valence-electron chi connectivity index (χ0n) is 15.3. The number of fused-ring (bicyclic) bond motifs is 1. The Morgan fingerprint density at radius 3 is 2.46 bits per heavy atom. The predicted molar refractivity (Wildman–Crippen MR) is 113 cm³/mol. The molecule has 1 fully saturated rings. The van der Waals surface area contributed by atoms with Crippen molar-refractivity contribution in [2.45, 2.75) is 23.2 Å². The number of hydrogen-bond donors (Lipinski definition) is 0. The molecule has 0 N–H and O–H groups in total. The lowest BCUT2D eigenvalue weighted by Gasteiger charge is -2.15. The number of rotatable bonds is 5. The van der Waals surface area contributed by atoms with Crippen LogP contribution in [0.15, 0.2) is 71.8 Å². The number of ether oxygens (including phenoxy) is 1. The minimum Gasteiger partial charge on any atom is -0.452 e. The van der Waals surface area contributed by atoms with Crippen molar-refractivity contribution in [3.63, 3.8) is 0 Å². The van der Waals surface area contributed by atoms with E-state index < -0.39 is 0 Å². The molecule has 0 amide bonds. The van der Waals surface area contributed by atoms with Gasteiger partial charge in [-0.25, -0.2) is 0 Å². The van der Waals surface area contributed by atoms with E-state index >= 15 is 0 Å². The molecule has 1 saturated carbocycles. The Morgan fingerprint density at radius 1 is 0.964 bits per heavy atom. The first-order valence-electron chi connectivity index (χ1n) is 9.12. The van der Waals surface area contributed by atoms with E-state index in [1.54, 1.807) is 11.8 Å². The maximum absolute atomic E-state index is 6.22. The fourth-order valence-corrected chi connectivity index (χ4v) is 4.31. The van der Waals surface area contributed by atoms with Crippen LogP contribution in [-0.4, -0.2) is 20.9 Å². The molecule has 0 bridgehead atoms. The van der Waals surface area contributed by atoms with Crippen LogP contribution in [0.25, 0.3) is 5.65 Å². The van der Waals surface area contributed by atoms with Crippen molar-refractivity contribution in [2.24, 2.45) is 0 Å². The van der Waals surface area contributed by atoms with E-state index in [0.717, 1.165) is 40.0 Å². The van der Waals surface area contributed by atoms with Gasteiger partial charge in [0.2, 0.25) is 5.65 Å². The van der Waals surface area contributed by atoms with E-state index in [1.165, 1.54) is 5.56 Å². The Hall–Kier alpha value is -2.50. The van der Waals surface area contributed by atoms with Gasteiger partial charge in [-0.05, 0) is 61.1 Å². The third-order valence-corrected chi connectivity index (χ3v) is 6.29. The van der Waals surface area contributed by atoms with Crippen LogP contribution >= 0.6 is 23.4 Å². The lowest BCUT2D eigenvalue weighted by Crippen LogP contribution is -2.13. The first kappa shape index (κ1) is 17.6. The first-order valence-corrected chi connectivity index (χ1v) is 10.7.